The molecular weight excluding hydrogens is 288 g/mol. The van der Waals surface area contributed by atoms with Gasteiger partial charge in [0, 0.05) is 5.02 Å². The lowest BCUT2D eigenvalue weighted by Crippen LogP contribution is -2.19. The molecule has 0 atom stereocenters. The number of halogens is 1. The Morgan fingerprint density at radius 2 is 2.10 bits per heavy atom. The molecule has 3 N–H and O–H groups in total. The Morgan fingerprint density at radius 3 is 2.81 bits per heavy atom. The summed E-state index contributed by atoms with van der Waals surface area (Å²) < 4.78 is 5.36. The van der Waals surface area contributed by atoms with Crippen LogP contribution in [0.2, 0.25) is 5.02 Å². The molecular formula is C16H17ClN2O2. The molecule has 0 aliphatic rings. The number of benzene rings is 2. The van der Waals surface area contributed by atoms with Gasteiger partial charge in [-0.25, -0.2) is 0 Å². The minimum Gasteiger partial charge on any atom is -0.397 e. The minimum absolute atomic E-state index is 0.0418. The Labute approximate surface area is 128 Å². The lowest BCUT2D eigenvalue weighted by molar-refractivity contribution is -0.121. The quantitative estimate of drug-likeness (QED) is 0.832. The zero-order chi connectivity index (χ0) is 15.2. The number of ether oxygens (including phenoxy) is 1. The Kier molecular flexibility index (Phi) is 5.20. The highest BCUT2D eigenvalue weighted by atomic mass is 35.5. The highest BCUT2D eigenvalue weighted by Crippen LogP contribution is 2.19. The van der Waals surface area contributed by atoms with Gasteiger partial charge in [0.2, 0.25) is 5.91 Å². The second-order valence-electron chi connectivity index (χ2n) is 4.76. The number of carbonyl (C=O) groups is 1. The van der Waals surface area contributed by atoms with Crippen molar-refractivity contribution in [1.29, 1.82) is 0 Å². The van der Waals surface area contributed by atoms with Crippen LogP contribution in [0.25, 0.3) is 0 Å². The number of carbonyl (C=O) groups excluding carboxylic acids is 1. The van der Waals surface area contributed by atoms with Crippen molar-refractivity contribution in [2.75, 3.05) is 17.7 Å². The molecule has 0 aliphatic carbocycles. The lowest BCUT2D eigenvalue weighted by atomic mass is 10.2. The second kappa shape index (κ2) is 7.11. The normalized spacial score (nSPS) is 10.4. The molecule has 5 heteroatoms. The summed E-state index contributed by atoms with van der Waals surface area (Å²) in [5.74, 6) is -0.243. The summed E-state index contributed by atoms with van der Waals surface area (Å²) in [5.41, 5.74) is 8.94. The number of nitrogens with two attached hydrogens (primary N) is 1. The van der Waals surface area contributed by atoms with Gasteiger partial charge < -0.3 is 15.8 Å². The standard InChI is InChI=1S/C16H17ClN2O2/c1-11-5-6-15(14(18)7-11)19-16(20)10-21-9-12-3-2-4-13(17)8-12/h2-8H,9-10,18H2,1H3,(H,19,20). The van der Waals surface area contributed by atoms with E-state index in [1.165, 1.54) is 0 Å². The highest BCUT2D eigenvalue weighted by molar-refractivity contribution is 6.30. The molecule has 110 valence electrons. The first-order chi connectivity index (χ1) is 10.0. The molecule has 0 saturated carbocycles. The predicted molar refractivity (Wildman–Crippen MR) is 85.3 cm³/mol. The van der Waals surface area contributed by atoms with E-state index in [-0.39, 0.29) is 12.5 Å². The molecule has 0 bridgehead atoms. The van der Waals surface area contributed by atoms with Crippen molar-refractivity contribution in [3.05, 3.63) is 58.6 Å². The van der Waals surface area contributed by atoms with Crippen LogP contribution in [-0.2, 0) is 16.1 Å². The van der Waals surface area contributed by atoms with Gasteiger partial charge in [0.1, 0.15) is 6.61 Å². The van der Waals surface area contributed by atoms with Crippen molar-refractivity contribution in [3.8, 4) is 0 Å². The fraction of sp³-hybridized carbons (Fsp3) is 0.188. The molecule has 0 saturated heterocycles. The van der Waals surface area contributed by atoms with Gasteiger partial charge in [-0.15, -0.1) is 0 Å². The van der Waals surface area contributed by atoms with E-state index in [2.05, 4.69) is 5.32 Å². The van der Waals surface area contributed by atoms with Crippen molar-refractivity contribution < 1.29 is 9.53 Å². The van der Waals surface area contributed by atoms with Crippen molar-refractivity contribution in [3.63, 3.8) is 0 Å². The summed E-state index contributed by atoms with van der Waals surface area (Å²) in [5, 5.41) is 3.37. The van der Waals surface area contributed by atoms with E-state index in [4.69, 9.17) is 22.1 Å². The maximum absolute atomic E-state index is 11.8. The average molecular weight is 305 g/mol. The Balaban J connectivity index is 1.82. The SMILES string of the molecule is Cc1ccc(NC(=O)COCc2cccc(Cl)c2)c(N)c1. The van der Waals surface area contributed by atoms with Gasteiger partial charge in [-0.05, 0) is 42.3 Å². The molecule has 2 aromatic rings. The molecule has 4 nitrogen and oxygen atoms in total. The number of aryl methyl sites for hydroxylation is 1. The third-order valence-electron chi connectivity index (χ3n) is 2.87. The summed E-state index contributed by atoms with van der Waals surface area (Å²) >= 11 is 5.88. The summed E-state index contributed by atoms with van der Waals surface area (Å²) in [4.78, 5) is 11.8. The van der Waals surface area contributed by atoms with Gasteiger partial charge in [-0.2, -0.15) is 0 Å². The molecule has 1 amide bonds. The molecule has 0 heterocycles. The number of nitrogen functional groups attached to an aromatic ring is 1. The molecule has 0 radical (unpaired) electrons. The fourth-order valence-electron chi connectivity index (χ4n) is 1.87. The molecule has 2 aromatic carbocycles. The van der Waals surface area contributed by atoms with E-state index >= 15 is 0 Å². The largest absolute Gasteiger partial charge is 0.397 e. The van der Waals surface area contributed by atoms with Crippen LogP contribution in [-0.4, -0.2) is 12.5 Å². The molecule has 21 heavy (non-hydrogen) atoms. The number of rotatable bonds is 5. The highest BCUT2D eigenvalue weighted by Gasteiger charge is 2.06. The molecule has 0 aliphatic heterocycles. The van der Waals surface area contributed by atoms with Gasteiger partial charge in [-0.3, -0.25) is 4.79 Å². The van der Waals surface area contributed by atoms with Gasteiger partial charge in [0.05, 0.1) is 18.0 Å². The zero-order valence-corrected chi connectivity index (χ0v) is 12.5. The lowest BCUT2D eigenvalue weighted by Gasteiger charge is -2.09. The maximum Gasteiger partial charge on any atom is 0.250 e. The summed E-state index contributed by atoms with van der Waals surface area (Å²) in [6, 6.07) is 12.8. The fourth-order valence-corrected chi connectivity index (χ4v) is 2.08. The molecule has 0 unspecified atom stereocenters. The molecule has 0 fully saturated rings. The van der Waals surface area contributed by atoms with Gasteiger partial charge in [0.15, 0.2) is 0 Å². The van der Waals surface area contributed by atoms with E-state index in [0.29, 0.717) is 23.0 Å². The summed E-state index contributed by atoms with van der Waals surface area (Å²) in [6.07, 6.45) is 0. The first-order valence-corrected chi connectivity index (χ1v) is 6.90. The Morgan fingerprint density at radius 1 is 1.29 bits per heavy atom. The van der Waals surface area contributed by atoms with Crippen molar-refractivity contribution in [2.45, 2.75) is 13.5 Å². The van der Waals surface area contributed by atoms with Crippen LogP contribution in [0.15, 0.2) is 42.5 Å². The summed E-state index contributed by atoms with van der Waals surface area (Å²) in [6.45, 7) is 2.23. The van der Waals surface area contributed by atoms with Gasteiger partial charge >= 0.3 is 0 Å². The molecule has 0 spiro atoms. The Hall–Kier alpha value is -2.04. The topological polar surface area (TPSA) is 64.3 Å². The van der Waals surface area contributed by atoms with E-state index in [9.17, 15) is 4.79 Å². The number of hydrogen-bond acceptors (Lipinski definition) is 3. The summed E-state index contributed by atoms with van der Waals surface area (Å²) in [7, 11) is 0. The third kappa shape index (κ3) is 4.77. The van der Waals surface area contributed by atoms with E-state index in [1.807, 2.05) is 31.2 Å². The van der Waals surface area contributed by atoms with Crippen LogP contribution in [0.1, 0.15) is 11.1 Å². The van der Waals surface area contributed by atoms with E-state index < -0.39 is 0 Å². The maximum atomic E-state index is 11.8. The monoisotopic (exact) mass is 304 g/mol. The van der Waals surface area contributed by atoms with Crippen molar-refractivity contribution in [2.24, 2.45) is 0 Å². The number of anilines is 2. The Bertz CT molecular complexity index is 644. The predicted octanol–water partition coefficient (Wildman–Crippen LogP) is 3.39. The smallest absolute Gasteiger partial charge is 0.250 e. The molecule has 0 aromatic heterocycles. The van der Waals surface area contributed by atoms with E-state index in [0.717, 1.165) is 11.1 Å². The molecule has 2 rings (SSSR count). The van der Waals surface area contributed by atoms with Crippen LogP contribution < -0.4 is 11.1 Å². The van der Waals surface area contributed by atoms with Gasteiger partial charge in [0.25, 0.3) is 0 Å². The third-order valence-corrected chi connectivity index (χ3v) is 3.11. The van der Waals surface area contributed by atoms with Crippen LogP contribution >= 0.6 is 11.6 Å². The van der Waals surface area contributed by atoms with Crippen LogP contribution in [0.3, 0.4) is 0 Å². The number of nitrogens with one attached hydrogen (secondary N) is 1. The average Bonchev–Trinajstić information content (AvgIpc) is 2.42. The van der Waals surface area contributed by atoms with Crippen molar-refractivity contribution in [1.82, 2.24) is 0 Å². The number of hydrogen-bond donors (Lipinski definition) is 2. The number of amides is 1. The van der Waals surface area contributed by atoms with Crippen molar-refractivity contribution >= 4 is 28.9 Å². The van der Waals surface area contributed by atoms with E-state index in [1.54, 1.807) is 18.2 Å². The first-order valence-electron chi connectivity index (χ1n) is 6.53. The zero-order valence-electron chi connectivity index (χ0n) is 11.7. The minimum atomic E-state index is -0.243. The van der Waals surface area contributed by atoms with Crippen LogP contribution in [0.4, 0.5) is 11.4 Å². The van der Waals surface area contributed by atoms with Crippen LogP contribution in [0.5, 0.6) is 0 Å². The van der Waals surface area contributed by atoms with Gasteiger partial charge in [-0.1, -0.05) is 29.8 Å². The second-order valence-corrected chi connectivity index (χ2v) is 5.20. The van der Waals surface area contributed by atoms with Crippen LogP contribution in [0, 0.1) is 6.92 Å². The first kappa shape index (κ1) is 15.4.